The molecule has 14 heavy (non-hydrogen) atoms. The van der Waals surface area contributed by atoms with Gasteiger partial charge in [0.05, 0.1) is 5.02 Å². The van der Waals surface area contributed by atoms with Crippen molar-refractivity contribution in [1.29, 1.82) is 0 Å². The van der Waals surface area contributed by atoms with Gasteiger partial charge in [-0.1, -0.05) is 23.4 Å². The Morgan fingerprint density at radius 1 is 1.43 bits per heavy atom. The van der Waals surface area contributed by atoms with Gasteiger partial charge in [-0.05, 0) is 18.2 Å². The lowest BCUT2D eigenvalue weighted by Crippen LogP contribution is -1.83. The number of carbonyl (C=O) groups excluding carboxylic acids is 1. The molecule has 1 aromatic carbocycles. The Morgan fingerprint density at radius 3 is 2.79 bits per heavy atom. The number of hydrogen-bond acceptors (Lipinski definition) is 1. The van der Waals surface area contributed by atoms with Gasteiger partial charge in [-0.25, -0.2) is 0 Å². The van der Waals surface area contributed by atoms with Crippen LogP contribution in [0.5, 0.6) is 0 Å². The predicted octanol–water partition coefficient (Wildman–Crippen LogP) is 3.13. The lowest BCUT2D eigenvalue weighted by molar-refractivity contribution is 0.112. The third kappa shape index (κ3) is 3.06. The summed E-state index contributed by atoms with van der Waals surface area (Å²) in [5, 5.41) is 0.428. The molecule has 1 aromatic rings. The Bertz CT molecular complexity index is 388. The van der Waals surface area contributed by atoms with Crippen molar-refractivity contribution in [3.05, 3.63) is 34.3 Å². The average molecular weight is 227 g/mol. The van der Waals surface area contributed by atoms with E-state index in [2.05, 4.69) is 11.8 Å². The summed E-state index contributed by atoms with van der Waals surface area (Å²) in [6.45, 7) is 0. The number of alkyl halides is 1. The second-order valence-electron chi connectivity index (χ2n) is 2.59. The number of hydrogen-bond donors (Lipinski definition) is 0. The van der Waals surface area contributed by atoms with Gasteiger partial charge < -0.3 is 0 Å². The monoisotopic (exact) mass is 226 g/mol. The molecule has 0 aliphatic rings. The number of rotatable bonds is 2. The summed E-state index contributed by atoms with van der Waals surface area (Å²) in [6.07, 6.45) is 1.37. The minimum absolute atomic E-state index is 0.428. The van der Waals surface area contributed by atoms with Crippen molar-refractivity contribution in [3.63, 3.8) is 0 Å². The van der Waals surface area contributed by atoms with Crippen LogP contribution in [0.1, 0.15) is 22.3 Å². The standard InChI is InChI=1S/C11H8Cl2O/c12-6-2-1-3-9-4-5-10(8-14)11(13)7-9/h4-5,7-8H,2,6H2. The van der Waals surface area contributed by atoms with Gasteiger partial charge in [0.1, 0.15) is 0 Å². The molecule has 1 nitrogen and oxygen atoms in total. The van der Waals surface area contributed by atoms with Gasteiger partial charge in [-0.3, -0.25) is 4.79 Å². The Hall–Kier alpha value is -0.970. The minimum atomic E-state index is 0.428. The SMILES string of the molecule is O=Cc1ccc(C#CCCCl)cc1Cl. The fourth-order valence-electron chi connectivity index (χ4n) is 0.912. The van der Waals surface area contributed by atoms with E-state index in [4.69, 9.17) is 23.2 Å². The van der Waals surface area contributed by atoms with Gasteiger partial charge in [0.2, 0.25) is 0 Å². The minimum Gasteiger partial charge on any atom is -0.298 e. The molecule has 0 N–H and O–H groups in total. The maximum atomic E-state index is 10.5. The number of benzene rings is 1. The highest BCUT2D eigenvalue weighted by Crippen LogP contribution is 2.15. The largest absolute Gasteiger partial charge is 0.298 e. The van der Waals surface area contributed by atoms with Crippen LogP contribution in [0.4, 0.5) is 0 Å². The first-order valence-electron chi connectivity index (χ1n) is 4.07. The first kappa shape index (κ1) is 11.1. The second kappa shape index (κ2) is 5.70. The van der Waals surface area contributed by atoms with Crippen LogP contribution in [0.3, 0.4) is 0 Å². The Balaban J connectivity index is 2.88. The van der Waals surface area contributed by atoms with Crippen LogP contribution < -0.4 is 0 Å². The molecule has 0 aliphatic heterocycles. The number of halogens is 2. The molecule has 0 radical (unpaired) electrons. The van der Waals surface area contributed by atoms with Gasteiger partial charge in [-0.15, -0.1) is 11.6 Å². The van der Waals surface area contributed by atoms with E-state index >= 15 is 0 Å². The molecule has 0 saturated heterocycles. The van der Waals surface area contributed by atoms with Gasteiger partial charge in [-0.2, -0.15) is 0 Å². The topological polar surface area (TPSA) is 17.1 Å². The van der Waals surface area contributed by atoms with E-state index < -0.39 is 0 Å². The molecule has 72 valence electrons. The molecule has 0 aliphatic carbocycles. The second-order valence-corrected chi connectivity index (χ2v) is 3.38. The molecule has 1 rings (SSSR count). The van der Waals surface area contributed by atoms with Crippen LogP contribution in [0, 0.1) is 11.8 Å². The zero-order valence-electron chi connectivity index (χ0n) is 7.39. The Labute approximate surface area is 93.0 Å². The Kier molecular flexibility index (Phi) is 4.52. The predicted molar refractivity (Wildman–Crippen MR) is 59.1 cm³/mol. The van der Waals surface area contributed by atoms with Crippen molar-refractivity contribution in [2.75, 3.05) is 5.88 Å². The number of aldehydes is 1. The highest BCUT2D eigenvalue weighted by Gasteiger charge is 1.98. The van der Waals surface area contributed by atoms with Crippen molar-refractivity contribution in [1.82, 2.24) is 0 Å². The molecule has 0 saturated carbocycles. The van der Waals surface area contributed by atoms with Gasteiger partial charge >= 0.3 is 0 Å². The van der Waals surface area contributed by atoms with E-state index in [1.807, 2.05) is 0 Å². The molecule has 3 heteroatoms. The maximum Gasteiger partial charge on any atom is 0.151 e. The smallest absolute Gasteiger partial charge is 0.151 e. The quantitative estimate of drug-likeness (QED) is 0.431. The van der Waals surface area contributed by atoms with Crippen molar-refractivity contribution < 1.29 is 4.79 Å². The molecule has 0 heterocycles. The van der Waals surface area contributed by atoms with Gasteiger partial charge in [0.25, 0.3) is 0 Å². The van der Waals surface area contributed by atoms with Crippen LogP contribution in [-0.4, -0.2) is 12.2 Å². The Morgan fingerprint density at radius 2 is 2.21 bits per heavy atom. The highest BCUT2D eigenvalue weighted by atomic mass is 35.5. The molecule has 0 aromatic heterocycles. The summed E-state index contributed by atoms with van der Waals surface area (Å²) >= 11 is 11.3. The third-order valence-electron chi connectivity index (χ3n) is 1.58. The van der Waals surface area contributed by atoms with Crippen LogP contribution in [0.25, 0.3) is 0 Å². The molecule has 0 bridgehead atoms. The molecule has 0 spiro atoms. The fourth-order valence-corrected chi connectivity index (χ4v) is 1.23. The van der Waals surface area contributed by atoms with Crippen molar-refractivity contribution >= 4 is 29.5 Å². The van der Waals surface area contributed by atoms with E-state index in [0.717, 1.165) is 11.8 Å². The van der Waals surface area contributed by atoms with Crippen LogP contribution in [0.15, 0.2) is 18.2 Å². The fraction of sp³-hybridized carbons (Fsp3) is 0.182. The summed E-state index contributed by atoms with van der Waals surface area (Å²) in [4.78, 5) is 10.5. The molecule has 0 fully saturated rings. The summed E-state index contributed by atoms with van der Waals surface area (Å²) < 4.78 is 0. The zero-order valence-corrected chi connectivity index (χ0v) is 8.90. The molecule has 0 amide bonds. The van der Waals surface area contributed by atoms with Crippen LogP contribution in [-0.2, 0) is 0 Å². The summed E-state index contributed by atoms with van der Waals surface area (Å²) in [5.74, 6) is 6.31. The first-order chi connectivity index (χ1) is 6.77. The van der Waals surface area contributed by atoms with Crippen molar-refractivity contribution in [3.8, 4) is 11.8 Å². The summed E-state index contributed by atoms with van der Waals surface area (Å²) in [7, 11) is 0. The molecule has 0 atom stereocenters. The normalized spacial score (nSPS) is 9.00. The summed E-state index contributed by atoms with van der Waals surface area (Å²) in [6, 6.07) is 5.09. The van der Waals surface area contributed by atoms with E-state index in [-0.39, 0.29) is 0 Å². The molecular formula is C11H8Cl2O. The van der Waals surface area contributed by atoms with Gasteiger partial charge in [0.15, 0.2) is 6.29 Å². The van der Waals surface area contributed by atoms with Crippen molar-refractivity contribution in [2.24, 2.45) is 0 Å². The number of carbonyl (C=O) groups is 1. The third-order valence-corrected chi connectivity index (χ3v) is 2.10. The lowest BCUT2D eigenvalue weighted by Gasteiger charge is -1.95. The molecule has 0 unspecified atom stereocenters. The van der Waals surface area contributed by atoms with Crippen LogP contribution >= 0.6 is 23.2 Å². The van der Waals surface area contributed by atoms with Crippen LogP contribution in [0.2, 0.25) is 5.02 Å². The molecular weight excluding hydrogens is 219 g/mol. The van der Waals surface area contributed by atoms with Gasteiger partial charge in [0, 0.05) is 23.4 Å². The lowest BCUT2D eigenvalue weighted by atomic mass is 10.1. The van der Waals surface area contributed by atoms with E-state index in [9.17, 15) is 4.79 Å². The van der Waals surface area contributed by atoms with E-state index in [1.54, 1.807) is 18.2 Å². The average Bonchev–Trinajstić information content (AvgIpc) is 2.18. The van der Waals surface area contributed by atoms with Crippen molar-refractivity contribution in [2.45, 2.75) is 6.42 Å². The van der Waals surface area contributed by atoms with E-state index in [0.29, 0.717) is 22.9 Å². The maximum absolute atomic E-state index is 10.5. The highest BCUT2D eigenvalue weighted by molar-refractivity contribution is 6.33. The zero-order chi connectivity index (χ0) is 10.4. The van der Waals surface area contributed by atoms with E-state index in [1.165, 1.54) is 0 Å². The summed E-state index contributed by atoms with van der Waals surface area (Å²) in [5.41, 5.74) is 1.28. The first-order valence-corrected chi connectivity index (χ1v) is 4.98.